The molecule has 19 heavy (non-hydrogen) atoms. The molecule has 2 heterocycles. The van der Waals surface area contributed by atoms with Crippen LogP contribution in [0.3, 0.4) is 0 Å². The van der Waals surface area contributed by atoms with Crippen molar-refractivity contribution in [1.82, 2.24) is 4.98 Å². The molecule has 1 unspecified atom stereocenters. The van der Waals surface area contributed by atoms with E-state index in [0.717, 1.165) is 5.56 Å². The Kier molecular flexibility index (Phi) is 4.17. The highest BCUT2D eigenvalue weighted by Crippen LogP contribution is 2.27. The second kappa shape index (κ2) is 5.38. The summed E-state index contributed by atoms with van der Waals surface area (Å²) in [6.07, 6.45) is 0.180. The van der Waals surface area contributed by atoms with Gasteiger partial charge in [0.05, 0.1) is 5.75 Å². The van der Waals surface area contributed by atoms with Crippen LogP contribution in [-0.4, -0.2) is 31.6 Å². The van der Waals surface area contributed by atoms with Crippen molar-refractivity contribution in [3.63, 3.8) is 0 Å². The molecule has 0 spiro atoms. The fraction of sp³-hybridized carbons (Fsp3) is 0.455. The monoisotopic (exact) mass is 366 g/mol. The van der Waals surface area contributed by atoms with Crippen molar-refractivity contribution in [2.75, 3.05) is 17.2 Å². The van der Waals surface area contributed by atoms with Crippen LogP contribution in [0.1, 0.15) is 12.0 Å². The lowest BCUT2D eigenvalue weighted by Crippen LogP contribution is -2.26. The molecule has 0 saturated carbocycles. The fourth-order valence-electron chi connectivity index (χ4n) is 2.04. The van der Waals surface area contributed by atoms with Gasteiger partial charge in [0.15, 0.2) is 0 Å². The van der Waals surface area contributed by atoms with E-state index in [9.17, 15) is 13.2 Å². The van der Waals surface area contributed by atoms with Crippen molar-refractivity contribution in [2.24, 2.45) is 5.92 Å². The molecular weight excluding hydrogens is 356 g/mol. The van der Waals surface area contributed by atoms with Gasteiger partial charge in [-0.25, -0.2) is 13.4 Å². The molecular formula is C11H12BrClN2O3S. The van der Waals surface area contributed by atoms with Crippen LogP contribution in [-0.2, 0) is 13.8 Å². The van der Waals surface area contributed by atoms with Crippen molar-refractivity contribution < 1.29 is 13.2 Å². The largest absolute Gasteiger partial charge is 0.296 e. The van der Waals surface area contributed by atoms with E-state index in [0.29, 0.717) is 17.0 Å². The summed E-state index contributed by atoms with van der Waals surface area (Å²) in [5, 5.41) is 0. The lowest BCUT2D eigenvalue weighted by molar-refractivity contribution is -0.117. The van der Waals surface area contributed by atoms with Gasteiger partial charge in [-0.1, -0.05) is 6.07 Å². The first-order chi connectivity index (χ1) is 8.76. The SMILES string of the molecule is Cc1ccc(N2CC(CS(=O)(=O)Cl)CC2=O)nc1Br. The zero-order valence-corrected chi connectivity index (χ0v) is 13.3. The number of carbonyl (C=O) groups is 1. The fourth-order valence-corrected chi connectivity index (χ4v) is 3.68. The molecule has 0 radical (unpaired) electrons. The number of aryl methyl sites for hydroxylation is 1. The Morgan fingerprint density at radius 3 is 2.79 bits per heavy atom. The normalized spacial score (nSPS) is 20.1. The summed E-state index contributed by atoms with van der Waals surface area (Å²) in [4.78, 5) is 17.7. The summed E-state index contributed by atoms with van der Waals surface area (Å²) in [5.74, 6) is -0.0773. The van der Waals surface area contributed by atoms with Gasteiger partial charge in [0.25, 0.3) is 0 Å². The molecule has 1 amide bonds. The highest BCUT2D eigenvalue weighted by molar-refractivity contribution is 9.10. The summed E-state index contributed by atoms with van der Waals surface area (Å²) < 4.78 is 22.8. The minimum atomic E-state index is -3.59. The molecule has 0 bridgehead atoms. The van der Waals surface area contributed by atoms with Crippen LogP contribution in [0.15, 0.2) is 16.7 Å². The highest BCUT2D eigenvalue weighted by Gasteiger charge is 2.33. The minimum Gasteiger partial charge on any atom is -0.296 e. The Hall–Kier alpha value is -0.660. The molecule has 2 rings (SSSR count). The molecule has 1 aromatic rings. The van der Waals surface area contributed by atoms with Gasteiger partial charge in [-0.3, -0.25) is 9.69 Å². The predicted octanol–water partition coefficient (Wildman–Crippen LogP) is 2.07. The molecule has 1 aliphatic rings. The van der Waals surface area contributed by atoms with Gasteiger partial charge in [0.2, 0.25) is 15.0 Å². The maximum atomic E-state index is 11.9. The Balaban J connectivity index is 2.18. The minimum absolute atomic E-state index is 0.131. The van der Waals surface area contributed by atoms with Crippen LogP contribution in [0.25, 0.3) is 0 Å². The number of amides is 1. The van der Waals surface area contributed by atoms with Crippen LogP contribution in [0.2, 0.25) is 0 Å². The van der Waals surface area contributed by atoms with E-state index < -0.39 is 9.05 Å². The van der Waals surface area contributed by atoms with Crippen molar-refractivity contribution in [3.05, 3.63) is 22.3 Å². The predicted molar refractivity (Wildman–Crippen MR) is 76.8 cm³/mol. The van der Waals surface area contributed by atoms with E-state index in [4.69, 9.17) is 10.7 Å². The maximum Gasteiger partial charge on any atom is 0.232 e. The Bertz CT molecular complexity index is 620. The van der Waals surface area contributed by atoms with Gasteiger partial charge in [0.1, 0.15) is 10.4 Å². The van der Waals surface area contributed by atoms with Crippen molar-refractivity contribution >= 4 is 47.4 Å². The van der Waals surface area contributed by atoms with Crippen LogP contribution < -0.4 is 4.90 Å². The van der Waals surface area contributed by atoms with Crippen LogP contribution in [0, 0.1) is 12.8 Å². The van der Waals surface area contributed by atoms with Gasteiger partial charge < -0.3 is 0 Å². The average molecular weight is 368 g/mol. The molecule has 1 fully saturated rings. The molecule has 0 aliphatic carbocycles. The summed E-state index contributed by atoms with van der Waals surface area (Å²) >= 11 is 3.31. The number of hydrogen-bond acceptors (Lipinski definition) is 4. The summed E-state index contributed by atoms with van der Waals surface area (Å²) in [6.45, 7) is 2.23. The molecule has 8 heteroatoms. The summed E-state index contributed by atoms with van der Waals surface area (Å²) in [6, 6.07) is 3.60. The highest BCUT2D eigenvalue weighted by atomic mass is 79.9. The third kappa shape index (κ3) is 3.67. The Labute approximate surface area is 124 Å². The van der Waals surface area contributed by atoms with E-state index in [1.165, 1.54) is 4.90 Å². The number of anilines is 1. The van der Waals surface area contributed by atoms with Crippen LogP contribution in [0.5, 0.6) is 0 Å². The third-order valence-corrected chi connectivity index (χ3v) is 4.99. The quantitative estimate of drug-likeness (QED) is 0.606. The number of pyridine rings is 1. The van der Waals surface area contributed by atoms with Gasteiger partial charge in [0, 0.05) is 29.6 Å². The maximum absolute atomic E-state index is 11.9. The van der Waals surface area contributed by atoms with Crippen LogP contribution >= 0.6 is 26.6 Å². The first-order valence-corrected chi connectivity index (χ1v) is 8.89. The third-order valence-electron chi connectivity index (χ3n) is 2.94. The molecule has 5 nitrogen and oxygen atoms in total. The molecule has 0 N–H and O–H groups in total. The second-order valence-electron chi connectivity index (χ2n) is 4.56. The van der Waals surface area contributed by atoms with E-state index >= 15 is 0 Å². The molecule has 104 valence electrons. The number of aromatic nitrogens is 1. The van der Waals surface area contributed by atoms with E-state index in [1.807, 2.05) is 13.0 Å². The zero-order valence-electron chi connectivity index (χ0n) is 10.1. The summed E-state index contributed by atoms with van der Waals surface area (Å²) in [7, 11) is 1.63. The van der Waals surface area contributed by atoms with Gasteiger partial charge in [-0.15, -0.1) is 0 Å². The van der Waals surface area contributed by atoms with Crippen molar-refractivity contribution in [2.45, 2.75) is 13.3 Å². The molecule has 1 aliphatic heterocycles. The van der Waals surface area contributed by atoms with Crippen molar-refractivity contribution in [1.29, 1.82) is 0 Å². The molecule has 1 atom stereocenters. The van der Waals surface area contributed by atoms with E-state index in [-0.39, 0.29) is 24.0 Å². The lowest BCUT2D eigenvalue weighted by atomic mass is 10.1. The number of rotatable bonds is 3. The molecule has 0 aromatic carbocycles. The standard InChI is InChI=1S/C11H12BrClN2O3S/c1-7-2-3-9(14-11(7)12)15-5-8(4-10(15)16)6-19(13,17)18/h2-3,8H,4-6H2,1H3. The topological polar surface area (TPSA) is 67.3 Å². The first kappa shape index (κ1) is 14.7. The average Bonchev–Trinajstić information content (AvgIpc) is 2.61. The van der Waals surface area contributed by atoms with Crippen LogP contribution in [0.4, 0.5) is 5.82 Å². The summed E-state index contributed by atoms with van der Waals surface area (Å²) in [5.41, 5.74) is 0.968. The number of carbonyl (C=O) groups excluding carboxylic acids is 1. The zero-order chi connectivity index (χ0) is 14.2. The molecule has 1 saturated heterocycles. The number of hydrogen-bond donors (Lipinski definition) is 0. The van der Waals surface area contributed by atoms with Gasteiger partial charge in [-0.05, 0) is 34.5 Å². The van der Waals surface area contributed by atoms with E-state index in [1.54, 1.807) is 6.07 Å². The Morgan fingerprint density at radius 1 is 1.53 bits per heavy atom. The lowest BCUT2D eigenvalue weighted by Gasteiger charge is -2.16. The number of nitrogens with zero attached hydrogens (tertiary/aromatic N) is 2. The smallest absolute Gasteiger partial charge is 0.232 e. The number of halogens is 2. The Morgan fingerprint density at radius 2 is 2.21 bits per heavy atom. The molecule has 1 aromatic heterocycles. The van der Waals surface area contributed by atoms with Crippen molar-refractivity contribution in [3.8, 4) is 0 Å². The van der Waals surface area contributed by atoms with E-state index in [2.05, 4.69) is 20.9 Å². The first-order valence-electron chi connectivity index (χ1n) is 5.62. The van der Waals surface area contributed by atoms with Gasteiger partial charge >= 0.3 is 0 Å². The second-order valence-corrected chi connectivity index (χ2v) is 8.13. The van der Waals surface area contributed by atoms with Gasteiger partial charge in [-0.2, -0.15) is 0 Å².